The monoisotopic (exact) mass is 434 g/mol. The Morgan fingerprint density at radius 3 is 2.40 bits per heavy atom. The molecule has 1 aliphatic heterocycles. The van der Waals surface area contributed by atoms with Gasteiger partial charge in [0, 0.05) is 12.8 Å². The smallest absolute Gasteiger partial charge is 0.389 e. The average Bonchev–Trinajstić information content (AvgIpc) is 2.68. The number of hydrogen-bond acceptors (Lipinski definition) is 4. The number of anilines is 1. The molecule has 2 N–H and O–H groups in total. The quantitative estimate of drug-likeness (QED) is 0.486. The molecule has 0 radical (unpaired) electrons. The van der Waals surface area contributed by atoms with Gasteiger partial charge in [0.2, 0.25) is 5.91 Å². The van der Waals surface area contributed by atoms with E-state index in [4.69, 9.17) is 4.74 Å². The first-order valence-corrected chi connectivity index (χ1v) is 10.1. The van der Waals surface area contributed by atoms with Gasteiger partial charge in [-0.1, -0.05) is 13.0 Å². The van der Waals surface area contributed by atoms with Gasteiger partial charge in [0.1, 0.15) is 5.82 Å². The minimum atomic E-state index is -4.45. The summed E-state index contributed by atoms with van der Waals surface area (Å²) in [6.07, 6.45) is -3.40. The van der Waals surface area contributed by atoms with Gasteiger partial charge in [0.25, 0.3) is 0 Å². The first-order chi connectivity index (χ1) is 14.1. The molecular formula is C21H30F4N2O3. The van der Waals surface area contributed by atoms with Crippen LogP contribution in [0.2, 0.25) is 0 Å². The summed E-state index contributed by atoms with van der Waals surface area (Å²) in [4.78, 5) is 22.7. The second kappa shape index (κ2) is 13.2. The number of ether oxygens (including phenoxy) is 1. The summed E-state index contributed by atoms with van der Waals surface area (Å²) < 4.78 is 54.5. The van der Waals surface area contributed by atoms with Crippen molar-refractivity contribution in [2.75, 3.05) is 25.0 Å². The standard InChI is InChI=1S/C15H17F4NO3.C6H13N/c1-2-23-14(22)6-4-10-3-5-11(16)12(9-10)20-13(21)7-8-15(17,18)19;1-6-2-4-7-5-3-6/h3,5,9H,2,4,6-8H2,1H3,(H,20,21);6-7H,2-5H2,1H3. The maximum absolute atomic E-state index is 13.6. The van der Waals surface area contributed by atoms with Gasteiger partial charge in [0.15, 0.2) is 0 Å². The molecule has 9 heteroatoms. The summed E-state index contributed by atoms with van der Waals surface area (Å²) in [7, 11) is 0. The average molecular weight is 434 g/mol. The minimum Gasteiger partial charge on any atom is -0.466 e. The van der Waals surface area contributed by atoms with Crippen LogP contribution < -0.4 is 10.6 Å². The number of hydrogen-bond donors (Lipinski definition) is 2. The van der Waals surface area contributed by atoms with Crippen LogP contribution in [0.1, 0.15) is 51.5 Å². The molecule has 1 aromatic carbocycles. The summed E-state index contributed by atoms with van der Waals surface area (Å²) in [5.41, 5.74) is 0.351. The number of esters is 1. The van der Waals surface area contributed by atoms with Gasteiger partial charge in [-0.25, -0.2) is 4.39 Å². The second-order valence-electron chi connectivity index (χ2n) is 7.22. The molecule has 0 spiro atoms. The molecule has 0 bridgehead atoms. The number of aryl methyl sites for hydroxylation is 1. The van der Waals surface area contributed by atoms with E-state index in [1.165, 1.54) is 38.1 Å². The van der Waals surface area contributed by atoms with Crippen molar-refractivity contribution in [2.24, 2.45) is 5.92 Å². The number of rotatable bonds is 7. The van der Waals surface area contributed by atoms with Crippen LogP contribution in [0.5, 0.6) is 0 Å². The fourth-order valence-electron chi connectivity index (χ4n) is 2.74. The third-order valence-corrected chi connectivity index (χ3v) is 4.49. The zero-order valence-electron chi connectivity index (χ0n) is 17.4. The zero-order chi connectivity index (χ0) is 22.6. The van der Waals surface area contributed by atoms with E-state index in [-0.39, 0.29) is 25.1 Å². The fraction of sp³-hybridized carbons (Fsp3) is 0.619. The molecule has 170 valence electrons. The van der Waals surface area contributed by atoms with E-state index in [1.54, 1.807) is 6.92 Å². The van der Waals surface area contributed by atoms with Crippen molar-refractivity contribution in [3.8, 4) is 0 Å². The largest absolute Gasteiger partial charge is 0.466 e. The predicted octanol–water partition coefficient (Wildman–Crippen LogP) is 4.61. The molecule has 1 heterocycles. The van der Waals surface area contributed by atoms with Crippen molar-refractivity contribution < 1.29 is 31.9 Å². The SMILES string of the molecule is CC1CCNCC1.CCOC(=O)CCc1ccc(F)c(NC(=O)CCC(F)(F)F)c1. The third-order valence-electron chi connectivity index (χ3n) is 4.49. The van der Waals surface area contributed by atoms with E-state index in [0.717, 1.165) is 12.0 Å². The van der Waals surface area contributed by atoms with Crippen LogP contribution in [-0.2, 0) is 20.7 Å². The highest BCUT2D eigenvalue weighted by molar-refractivity contribution is 5.90. The van der Waals surface area contributed by atoms with Crippen molar-refractivity contribution in [1.82, 2.24) is 5.32 Å². The minimum absolute atomic E-state index is 0.0843. The van der Waals surface area contributed by atoms with Crippen molar-refractivity contribution in [2.45, 2.75) is 58.5 Å². The van der Waals surface area contributed by atoms with Crippen LogP contribution in [0, 0.1) is 11.7 Å². The van der Waals surface area contributed by atoms with Gasteiger partial charge in [-0.15, -0.1) is 0 Å². The molecule has 1 fully saturated rings. The van der Waals surface area contributed by atoms with Crippen LogP contribution in [0.4, 0.5) is 23.2 Å². The van der Waals surface area contributed by atoms with Gasteiger partial charge < -0.3 is 15.4 Å². The fourth-order valence-corrected chi connectivity index (χ4v) is 2.74. The number of carbonyl (C=O) groups excluding carboxylic acids is 2. The topological polar surface area (TPSA) is 67.4 Å². The molecule has 0 aliphatic carbocycles. The molecule has 1 amide bonds. The van der Waals surface area contributed by atoms with Gasteiger partial charge in [-0.05, 0) is 62.9 Å². The Hall–Kier alpha value is -2.16. The van der Waals surface area contributed by atoms with E-state index >= 15 is 0 Å². The Labute approximate surface area is 174 Å². The summed E-state index contributed by atoms with van der Waals surface area (Å²) in [5, 5.41) is 5.42. The highest BCUT2D eigenvalue weighted by atomic mass is 19.4. The normalized spacial score (nSPS) is 14.5. The van der Waals surface area contributed by atoms with Crippen molar-refractivity contribution in [3.63, 3.8) is 0 Å². The third kappa shape index (κ3) is 11.7. The summed E-state index contributed by atoms with van der Waals surface area (Å²) >= 11 is 0. The maximum Gasteiger partial charge on any atom is 0.389 e. The van der Waals surface area contributed by atoms with Gasteiger partial charge in [-0.2, -0.15) is 13.2 Å². The molecule has 30 heavy (non-hydrogen) atoms. The number of benzene rings is 1. The first-order valence-electron chi connectivity index (χ1n) is 10.1. The highest BCUT2D eigenvalue weighted by Gasteiger charge is 2.28. The van der Waals surface area contributed by atoms with Gasteiger partial charge in [0.05, 0.1) is 18.7 Å². The Kier molecular flexibility index (Phi) is 11.4. The van der Waals surface area contributed by atoms with E-state index in [9.17, 15) is 27.2 Å². The van der Waals surface area contributed by atoms with Gasteiger partial charge >= 0.3 is 12.1 Å². The number of alkyl halides is 3. The van der Waals surface area contributed by atoms with E-state index in [0.29, 0.717) is 5.56 Å². The van der Waals surface area contributed by atoms with E-state index in [2.05, 4.69) is 17.6 Å². The predicted molar refractivity (Wildman–Crippen MR) is 107 cm³/mol. The molecule has 2 rings (SSSR count). The van der Waals surface area contributed by atoms with Gasteiger partial charge in [-0.3, -0.25) is 9.59 Å². The molecule has 5 nitrogen and oxygen atoms in total. The number of piperidine rings is 1. The molecule has 0 unspecified atom stereocenters. The number of carbonyl (C=O) groups is 2. The van der Waals surface area contributed by atoms with Crippen LogP contribution in [0.3, 0.4) is 0 Å². The number of amides is 1. The number of nitrogens with one attached hydrogen (secondary N) is 2. The second-order valence-corrected chi connectivity index (χ2v) is 7.22. The molecular weight excluding hydrogens is 404 g/mol. The summed E-state index contributed by atoms with van der Waals surface area (Å²) in [6.45, 7) is 6.72. The molecule has 0 saturated carbocycles. The molecule has 1 aromatic rings. The first kappa shape index (κ1) is 25.9. The van der Waals surface area contributed by atoms with Crippen molar-refractivity contribution in [3.05, 3.63) is 29.6 Å². The Morgan fingerprint density at radius 2 is 1.87 bits per heavy atom. The lowest BCUT2D eigenvalue weighted by Crippen LogP contribution is -2.26. The van der Waals surface area contributed by atoms with Crippen LogP contribution in [0.15, 0.2) is 18.2 Å². The van der Waals surface area contributed by atoms with Crippen molar-refractivity contribution in [1.29, 1.82) is 0 Å². The molecule has 1 aliphatic rings. The van der Waals surface area contributed by atoms with Crippen LogP contribution >= 0.6 is 0 Å². The number of halogens is 4. The van der Waals surface area contributed by atoms with E-state index in [1.807, 2.05) is 0 Å². The summed E-state index contributed by atoms with van der Waals surface area (Å²) in [6, 6.07) is 3.81. The van der Waals surface area contributed by atoms with Crippen LogP contribution in [0.25, 0.3) is 0 Å². The lowest BCUT2D eigenvalue weighted by molar-refractivity contribution is -0.143. The molecule has 0 atom stereocenters. The Balaban J connectivity index is 0.000000539. The van der Waals surface area contributed by atoms with E-state index < -0.39 is 36.7 Å². The highest BCUT2D eigenvalue weighted by Crippen LogP contribution is 2.23. The molecule has 1 saturated heterocycles. The van der Waals surface area contributed by atoms with Crippen molar-refractivity contribution >= 4 is 17.6 Å². The van der Waals surface area contributed by atoms with Crippen LogP contribution in [-0.4, -0.2) is 37.7 Å². The molecule has 0 aromatic heterocycles. The zero-order valence-corrected chi connectivity index (χ0v) is 17.4. The lowest BCUT2D eigenvalue weighted by Gasteiger charge is -2.17. The Bertz CT molecular complexity index is 675. The lowest BCUT2D eigenvalue weighted by atomic mass is 10.0. The Morgan fingerprint density at radius 1 is 1.20 bits per heavy atom. The maximum atomic E-state index is 13.6. The summed E-state index contributed by atoms with van der Waals surface area (Å²) in [5.74, 6) is -1.12.